The number of carboxylic acids is 1. The van der Waals surface area contributed by atoms with Gasteiger partial charge in [0.05, 0.1) is 6.61 Å². The molecule has 19 heavy (non-hydrogen) atoms. The van der Waals surface area contributed by atoms with Gasteiger partial charge in [0, 0.05) is 12.8 Å². The van der Waals surface area contributed by atoms with Crippen LogP contribution in [0.4, 0.5) is 0 Å². The maximum Gasteiger partial charge on any atom is 0.338 e. The number of hydrogen-bond acceptors (Lipinski definition) is 5. The number of carbonyl (C=O) groups excluding carboxylic acids is 1. The van der Waals surface area contributed by atoms with Gasteiger partial charge in [-0.25, -0.2) is 9.59 Å². The van der Waals surface area contributed by atoms with Crippen LogP contribution in [0.3, 0.4) is 0 Å². The fraction of sp³-hybridized carbons (Fsp3) is 0.846. The Labute approximate surface area is 112 Å². The molecule has 2 unspecified atom stereocenters. The Morgan fingerprint density at radius 1 is 1.21 bits per heavy atom. The molecule has 1 aliphatic heterocycles. The van der Waals surface area contributed by atoms with Crippen molar-refractivity contribution < 1.29 is 28.9 Å². The van der Waals surface area contributed by atoms with Crippen molar-refractivity contribution in [2.24, 2.45) is 0 Å². The Bertz CT molecular complexity index is 347. The van der Waals surface area contributed by atoms with E-state index in [-0.39, 0.29) is 6.61 Å². The van der Waals surface area contributed by atoms with E-state index < -0.39 is 29.9 Å². The maximum atomic E-state index is 11.9. The highest BCUT2D eigenvalue weighted by molar-refractivity contribution is 5.85. The summed E-state index contributed by atoms with van der Waals surface area (Å²) in [6.45, 7) is 2.13. The van der Waals surface area contributed by atoms with E-state index in [2.05, 4.69) is 0 Å². The molecule has 2 atom stereocenters. The van der Waals surface area contributed by atoms with Gasteiger partial charge in [-0.3, -0.25) is 0 Å². The number of aliphatic carboxylic acids is 1. The monoisotopic (exact) mass is 272 g/mol. The van der Waals surface area contributed by atoms with Crippen LogP contribution in [0.5, 0.6) is 0 Å². The molecule has 2 rings (SSSR count). The zero-order chi connectivity index (χ0) is 13.9. The van der Waals surface area contributed by atoms with Gasteiger partial charge in [-0.05, 0) is 19.3 Å². The number of hydrogen-bond donors (Lipinski definition) is 1. The predicted molar refractivity (Wildman–Crippen MR) is 64.4 cm³/mol. The molecule has 1 aliphatic carbocycles. The number of rotatable bonds is 4. The molecule has 6 nitrogen and oxygen atoms in total. The van der Waals surface area contributed by atoms with Crippen LogP contribution >= 0.6 is 0 Å². The number of esters is 1. The van der Waals surface area contributed by atoms with Crippen LogP contribution in [-0.4, -0.2) is 41.6 Å². The van der Waals surface area contributed by atoms with E-state index in [1.54, 1.807) is 0 Å². The lowest BCUT2D eigenvalue weighted by atomic mass is 9.94. The summed E-state index contributed by atoms with van der Waals surface area (Å²) in [5.41, 5.74) is 0. The van der Waals surface area contributed by atoms with Crippen LogP contribution in [0, 0.1) is 0 Å². The number of carbonyl (C=O) groups is 2. The molecule has 0 amide bonds. The minimum absolute atomic E-state index is 0.262. The van der Waals surface area contributed by atoms with Gasteiger partial charge in [0.15, 0.2) is 18.0 Å². The highest BCUT2D eigenvalue weighted by Gasteiger charge is 2.54. The van der Waals surface area contributed by atoms with Crippen molar-refractivity contribution in [3.05, 3.63) is 0 Å². The molecule has 2 fully saturated rings. The van der Waals surface area contributed by atoms with Crippen LogP contribution in [0.2, 0.25) is 0 Å². The van der Waals surface area contributed by atoms with Crippen LogP contribution in [0.15, 0.2) is 0 Å². The lowest BCUT2D eigenvalue weighted by Crippen LogP contribution is -2.38. The minimum Gasteiger partial charge on any atom is -0.479 e. The third kappa shape index (κ3) is 3.06. The average Bonchev–Trinajstić information content (AvgIpc) is 2.76. The first-order valence-electron chi connectivity index (χ1n) is 6.83. The second-order valence-electron chi connectivity index (χ2n) is 5.05. The van der Waals surface area contributed by atoms with Crippen molar-refractivity contribution >= 4 is 11.9 Å². The third-order valence-corrected chi connectivity index (χ3v) is 3.50. The Morgan fingerprint density at radius 2 is 1.84 bits per heavy atom. The lowest BCUT2D eigenvalue weighted by molar-refractivity contribution is -0.202. The molecule has 1 N–H and O–H groups in total. The second kappa shape index (κ2) is 5.88. The van der Waals surface area contributed by atoms with Crippen molar-refractivity contribution in [1.82, 2.24) is 0 Å². The van der Waals surface area contributed by atoms with Gasteiger partial charge in [-0.1, -0.05) is 13.3 Å². The molecular formula is C13H20O6. The van der Waals surface area contributed by atoms with Crippen molar-refractivity contribution in [2.75, 3.05) is 6.61 Å². The van der Waals surface area contributed by atoms with E-state index in [4.69, 9.17) is 19.3 Å². The quantitative estimate of drug-likeness (QED) is 0.780. The van der Waals surface area contributed by atoms with E-state index in [1.807, 2.05) is 6.92 Å². The van der Waals surface area contributed by atoms with Gasteiger partial charge < -0.3 is 19.3 Å². The van der Waals surface area contributed by atoms with Gasteiger partial charge in [0.2, 0.25) is 0 Å². The molecule has 1 saturated carbocycles. The Balaban J connectivity index is 2.07. The molecule has 0 aromatic rings. The first-order valence-corrected chi connectivity index (χ1v) is 6.83. The third-order valence-electron chi connectivity index (χ3n) is 3.50. The zero-order valence-electron chi connectivity index (χ0n) is 11.1. The standard InChI is InChI=1S/C13H20O6/c1-2-8-17-12(16)10-9(11(14)15)18-13(19-10)6-4-3-5-7-13/h9-10H,2-8H2,1H3,(H,14,15). The smallest absolute Gasteiger partial charge is 0.338 e. The second-order valence-corrected chi connectivity index (χ2v) is 5.05. The van der Waals surface area contributed by atoms with Crippen LogP contribution in [-0.2, 0) is 23.8 Å². The summed E-state index contributed by atoms with van der Waals surface area (Å²) in [6.07, 6.45) is 2.46. The van der Waals surface area contributed by atoms with E-state index >= 15 is 0 Å². The van der Waals surface area contributed by atoms with Gasteiger partial charge in [-0.2, -0.15) is 0 Å². The van der Waals surface area contributed by atoms with Gasteiger partial charge >= 0.3 is 11.9 Å². The summed E-state index contributed by atoms with van der Waals surface area (Å²) in [5.74, 6) is -2.73. The molecule has 0 radical (unpaired) electrons. The predicted octanol–water partition coefficient (Wildman–Crippen LogP) is 1.47. The molecule has 6 heteroatoms. The Hall–Kier alpha value is -1.14. The lowest BCUT2D eigenvalue weighted by Gasteiger charge is -2.31. The molecule has 0 aromatic heterocycles. The van der Waals surface area contributed by atoms with E-state index in [0.717, 1.165) is 19.3 Å². The Morgan fingerprint density at radius 3 is 2.42 bits per heavy atom. The number of carboxylic acid groups (broad SMARTS) is 1. The van der Waals surface area contributed by atoms with Crippen molar-refractivity contribution in [1.29, 1.82) is 0 Å². The molecular weight excluding hydrogens is 252 g/mol. The first-order chi connectivity index (χ1) is 9.08. The summed E-state index contributed by atoms with van der Waals surface area (Å²) in [6, 6.07) is 0. The van der Waals surface area contributed by atoms with Gasteiger partial charge in [0.25, 0.3) is 0 Å². The fourth-order valence-corrected chi connectivity index (χ4v) is 2.58. The van der Waals surface area contributed by atoms with E-state index in [9.17, 15) is 9.59 Å². The fourth-order valence-electron chi connectivity index (χ4n) is 2.58. The zero-order valence-corrected chi connectivity index (χ0v) is 11.1. The van der Waals surface area contributed by atoms with E-state index in [0.29, 0.717) is 19.3 Å². The van der Waals surface area contributed by atoms with Crippen molar-refractivity contribution in [2.45, 2.75) is 63.4 Å². The van der Waals surface area contributed by atoms with Crippen LogP contribution in [0.1, 0.15) is 45.4 Å². The molecule has 0 aromatic carbocycles. The normalized spacial score (nSPS) is 29.3. The highest BCUT2D eigenvalue weighted by Crippen LogP contribution is 2.40. The van der Waals surface area contributed by atoms with Crippen LogP contribution < -0.4 is 0 Å². The molecule has 0 bridgehead atoms. The summed E-state index contributed by atoms with van der Waals surface area (Å²) >= 11 is 0. The summed E-state index contributed by atoms with van der Waals surface area (Å²) in [5, 5.41) is 9.16. The minimum atomic E-state index is -1.26. The van der Waals surface area contributed by atoms with Gasteiger partial charge in [-0.15, -0.1) is 0 Å². The highest BCUT2D eigenvalue weighted by atomic mass is 16.8. The van der Waals surface area contributed by atoms with Gasteiger partial charge in [0.1, 0.15) is 0 Å². The van der Waals surface area contributed by atoms with Crippen LogP contribution in [0.25, 0.3) is 0 Å². The average molecular weight is 272 g/mol. The summed E-state index contributed by atoms with van der Waals surface area (Å²) < 4.78 is 16.2. The molecule has 108 valence electrons. The van der Waals surface area contributed by atoms with Crippen molar-refractivity contribution in [3.63, 3.8) is 0 Å². The molecule has 2 aliphatic rings. The molecule has 1 heterocycles. The Kier molecular flexibility index (Phi) is 4.42. The summed E-state index contributed by atoms with van der Waals surface area (Å²) in [7, 11) is 0. The van der Waals surface area contributed by atoms with Crippen molar-refractivity contribution in [3.8, 4) is 0 Å². The summed E-state index contributed by atoms with van der Waals surface area (Å²) in [4.78, 5) is 23.1. The topological polar surface area (TPSA) is 82.1 Å². The first kappa shape index (κ1) is 14.3. The molecule has 1 spiro atoms. The SMILES string of the molecule is CCCOC(=O)C1OC2(CCCCC2)OC1C(=O)O. The molecule has 1 saturated heterocycles. The van der Waals surface area contributed by atoms with E-state index in [1.165, 1.54) is 0 Å². The maximum absolute atomic E-state index is 11.9. The number of ether oxygens (including phenoxy) is 3. The largest absolute Gasteiger partial charge is 0.479 e.